The summed E-state index contributed by atoms with van der Waals surface area (Å²) >= 11 is 6.16. The first kappa shape index (κ1) is 15.9. The van der Waals surface area contributed by atoms with Crippen LogP contribution in [0.25, 0.3) is 5.65 Å². The van der Waals surface area contributed by atoms with E-state index >= 15 is 0 Å². The Labute approximate surface area is 139 Å². The first-order valence-corrected chi connectivity index (χ1v) is 8.12. The Kier molecular flexibility index (Phi) is 4.30. The Hall–Kier alpha value is -2.02. The molecule has 1 saturated heterocycles. The number of fused-ring (bicyclic) bond motifs is 1. The number of hydrogen-bond donors (Lipinski definition) is 2. The minimum Gasteiger partial charge on any atom is -0.465 e. The number of nitrogens with zero attached hydrogens (tertiary/aromatic N) is 4. The number of amides is 1. The van der Waals surface area contributed by atoms with Crippen molar-refractivity contribution in [1.82, 2.24) is 19.5 Å². The van der Waals surface area contributed by atoms with Crippen molar-refractivity contribution in [3.8, 4) is 0 Å². The molecule has 2 aromatic heterocycles. The molecule has 23 heavy (non-hydrogen) atoms. The van der Waals surface area contributed by atoms with Crippen LogP contribution < -0.4 is 5.32 Å². The number of piperidine rings is 1. The normalized spacial score (nSPS) is 16.3. The standard InChI is InChI=1S/C15H20ClN5O2/c1-9(2)11-8-17-21-13(7-12(16)19-14(11)21)18-10-3-5-20(6-4-10)15(22)23/h7-10,18H,3-6H2,1-2H3,(H,22,23). The van der Waals surface area contributed by atoms with Gasteiger partial charge < -0.3 is 15.3 Å². The van der Waals surface area contributed by atoms with Crippen LogP contribution in [0, 0.1) is 0 Å². The number of halogens is 1. The van der Waals surface area contributed by atoms with Crippen LogP contribution in [0.1, 0.15) is 38.2 Å². The quantitative estimate of drug-likeness (QED) is 0.841. The van der Waals surface area contributed by atoms with Gasteiger partial charge in [-0.25, -0.2) is 9.78 Å². The van der Waals surface area contributed by atoms with Gasteiger partial charge in [0, 0.05) is 30.8 Å². The second-order valence-electron chi connectivity index (χ2n) is 6.14. The summed E-state index contributed by atoms with van der Waals surface area (Å²) in [5.41, 5.74) is 1.81. The summed E-state index contributed by atoms with van der Waals surface area (Å²) in [6.07, 6.45) is 2.48. The molecule has 0 atom stereocenters. The van der Waals surface area contributed by atoms with E-state index in [1.807, 2.05) is 6.20 Å². The van der Waals surface area contributed by atoms with Gasteiger partial charge in [-0.05, 0) is 18.8 Å². The van der Waals surface area contributed by atoms with E-state index in [0.717, 1.165) is 29.9 Å². The number of carbonyl (C=O) groups is 1. The summed E-state index contributed by atoms with van der Waals surface area (Å²) in [4.78, 5) is 16.8. The van der Waals surface area contributed by atoms with Crippen LogP contribution in [0.15, 0.2) is 12.3 Å². The molecule has 3 heterocycles. The molecule has 3 rings (SSSR count). The predicted octanol–water partition coefficient (Wildman–Crippen LogP) is 3.06. The molecule has 1 amide bonds. The zero-order valence-corrected chi connectivity index (χ0v) is 13.9. The van der Waals surface area contributed by atoms with Crippen molar-refractivity contribution < 1.29 is 9.90 Å². The highest BCUT2D eigenvalue weighted by molar-refractivity contribution is 6.29. The summed E-state index contributed by atoms with van der Waals surface area (Å²) in [7, 11) is 0. The molecule has 0 aromatic carbocycles. The molecule has 1 aliphatic heterocycles. The van der Waals surface area contributed by atoms with Crippen LogP contribution in [0.2, 0.25) is 5.15 Å². The van der Waals surface area contributed by atoms with Crippen molar-refractivity contribution >= 4 is 29.2 Å². The largest absolute Gasteiger partial charge is 0.465 e. The van der Waals surface area contributed by atoms with Gasteiger partial charge in [0.05, 0.1) is 6.20 Å². The van der Waals surface area contributed by atoms with Crippen LogP contribution in [0.3, 0.4) is 0 Å². The zero-order chi connectivity index (χ0) is 16.6. The monoisotopic (exact) mass is 337 g/mol. The molecular weight excluding hydrogens is 318 g/mol. The highest BCUT2D eigenvalue weighted by atomic mass is 35.5. The van der Waals surface area contributed by atoms with Gasteiger partial charge in [0.15, 0.2) is 5.65 Å². The summed E-state index contributed by atoms with van der Waals surface area (Å²) in [5, 5.41) is 17.3. The number of nitrogens with one attached hydrogen (secondary N) is 1. The number of aromatic nitrogens is 3. The molecule has 1 fully saturated rings. The summed E-state index contributed by atoms with van der Waals surface area (Å²) in [6, 6.07) is 1.95. The van der Waals surface area contributed by atoms with E-state index in [1.165, 1.54) is 4.90 Å². The second-order valence-corrected chi connectivity index (χ2v) is 6.53. The van der Waals surface area contributed by atoms with E-state index in [0.29, 0.717) is 24.2 Å². The van der Waals surface area contributed by atoms with Gasteiger partial charge >= 0.3 is 6.09 Å². The van der Waals surface area contributed by atoms with E-state index < -0.39 is 6.09 Å². The lowest BCUT2D eigenvalue weighted by Crippen LogP contribution is -2.41. The fourth-order valence-electron chi connectivity index (χ4n) is 2.88. The van der Waals surface area contributed by atoms with E-state index in [9.17, 15) is 4.79 Å². The van der Waals surface area contributed by atoms with Crippen molar-refractivity contribution in [2.24, 2.45) is 0 Å². The van der Waals surface area contributed by atoms with E-state index in [-0.39, 0.29) is 6.04 Å². The maximum Gasteiger partial charge on any atom is 0.407 e. The van der Waals surface area contributed by atoms with Gasteiger partial charge in [-0.1, -0.05) is 25.4 Å². The average Bonchev–Trinajstić information content (AvgIpc) is 2.91. The molecule has 0 aliphatic carbocycles. The highest BCUT2D eigenvalue weighted by Gasteiger charge is 2.23. The molecule has 7 nitrogen and oxygen atoms in total. The third kappa shape index (κ3) is 3.19. The van der Waals surface area contributed by atoms with Crippen LogP contribution in [0.5, 0.6) is 0 Å². The molecule has 0 saturated carbocycles. The van der Waals surface area contributed by atoms with E-state index in [1.54, 1.807) is 10.6 Å². The minimum atomic E-state index is -0.855. The molecular formula is C15H20ClN5O2. The lowest BCUT2D eigenvalue weighted by atomic mass is 10.1. The SMILES string of the molecule is CC(C)c1cnn2c(NC3CCN(C(=O)O)CC3)cc(Cl)nc12. The van der Waals surface area contributed by atoms with Crippen LogP contribution in [0.4, 0.5) is 10.6 Å². The van der Waals surface area contributed by atoms with E-state index in [4.69, 9.17) is 16.7 Å². The molecule has 124 valence electrons. The lowest BCUT2D eigenvalue weighted by Gasteiger charge is -2.31. The molecule has 8 heteroatoms. The number of likely N-dealkylation sites (tertiary alicyclic amines) is 1. The number of anilines is 1. The van der Waals surface area contributed by atoms with Gasteiger partial charge in [0.25, 0.3) is 0 Å². The van der Waals surface area contributed by atoms with Gasteiger partial charge in [-0.15, -0.1) is 0 Å². The number of rotatable bonds is 3. The van der Waals surface area contributed by atoms with Crippen molar-refractivity contribution in [3.05, 3.63) is 23.0 Å². The van der Waals surface area contributed by atoms with Gasteiger partial charge in [0.1, 0.15) is 11.0 Å². The summed E-state index contributed by atoms with van der Waals surface area (Å²) in [6.45, 7) is 5.25. The fourth-order valence-corrected chi connectivity index (χ4v) is 3.07. The molecule has 0 bridgehead atoms. The van der Waals surface area contributed by atoms with Crippen LogP contribution >= 0.6 is 11.6 Å². The summed E-state index contributed by atoms with van der Waals surface area (Å²) in [5.74, 6) is 1.10. The Morgan fingerprint density at radius 2 is 2.13 bits per heavy atom. The van der Waals surface area contributed by atoms with Crippen LogP contribution in [-0.2, 0) is 0 Å². The van der Waals surface area contributed by atoms with Gasteiger partial charge in [-0.2, -0.15) is 9.61 Å². The molecule has 1 aliphatic rings. The Balaban J connectivity index is 1.82. The molecule has 2 N–H and O–H groups in total. The topological polar surface area (TPSA) is 82.8 Å². The molecule has 2 aromatic rings. The van der Waals surface area contributed by atoms with Crippen molar-refractivity contribution in [2.45, 2.75) is 38.6 Å². The van der Waals surface area contributed by atoms with Crippen molar-refractivity contribution in [2.75, 3.05) is 18.4 Å². The van der Waals surface area contributed by atoms with Crippen molar-refractivity contribution in [1.29, 1.82) is 0 Å². The lowest BCUT2D eigenvalue weighted by molar-refractivity contribution is 0.133. The predicted molar refractivity (Wildman–Crippen MR) is 88.3 cm³/mol. The Morgan fingerprint density at radius 3 is 2.74 bits per heavy atom. The first-order valence-electron chi connectivity index (χ1n) is 7.74. The van der Waals surface area contributed by atoms with Crippen molar-refractivity contribution in [3.63, 3.8) is 0 Å². The van der Waals surface area contributed by atoms with E-state index in [2.05, 4.69) is 29.2 Å². The Morgan fingerprint density at radius 1 is 1.43 bits per heavy atom. The highest BCUT2D eigenvalue weighted by Crippen LogP contribution is 2.25. The van der Waals surface area contributed by atoms with Gasteiger partial charge in [-0.3, -0.25) is 0 Å². The maximum atomic E-state index is 11.0. The zero-order valence-electron chi connectivity index (χ0n) is 13.2. The third-order valence-electron chi connectivity index (χ3n) is 4.21. The average molecular weight is 338 g/mol. The fraction of sp³-hybridized carbons (Fsp3) is 0.533. The number of hydrogen-bond acceptors (Lipinski definition) is 4. The first-order chi connectivity index (χ1) is 11.0. The third-order valence-corrected chi connectivity index (χ3v) is 4.40. The summed E-state index contributed by atoms with van der Waals surface area (Å²) < 4.78 is 1.77. The van der Waals surface area contributed by atoms with Gasteiger partial charge in [0.2, 0.25) is 0 Å². The maximum absolute atomic E-state index is 11.0. The molecule has 0 spiro atoms. The minimum absolute atomic E-state index is 0.193. The smallest absolute Gasteiger partial charge is 0.407 e. The number of carboxylic acid groups (broad SMARTS) is 1. The molecule has 0 unspecified atom stereocenters. The second kappa shape index (κ2) is 6.23. The Bertz CT molecular complexity index is 722. The van der Waals surface area contributed by atoms with Crippen LogP contribution in [-0.4, -0.2) is 49.8 Å². The molecule has 0 radical (unpaired) electrons.